The smallest absolute Gasteiger partial charge is 0.347 e. The highest BCUT2D eigenvalue weighted by molar-refractivity contribution is 5.62. The van der Waals surface area contributed by atoms with E-state index in [1.54, 1.807) is 6.20 Å². The first kappa shape index (κ1) is 16.0. The van der Waals surface area contributed by atoms with Gasteiger partial charge in [0.15, 0.2) is 5.82 Å². The van der Waals surface area contributed by atoms with E-state index in [9.17, 15) is 4.79 Å². The van der Waals surface area contributed by atoms with Gasteiger partial charge in [0.05, 0.1) is 5.69 Å². The van der Waals surface area contributed by atoms with Crippen LogP contribution in [-0.2, 0) is 5.41 Å². The number of anilines is 1. The van der Waals surface area contributed by atoms with Crippen molar-refractivity contribution in [2.75, 3.05) is 25.5 Å². The predicted molar refractivity (Wildman–Crippen MR) is 91.1 cm³/mol. The maximum absolute atomic E-state index is 11.9. The maximum atomic E-state index is 11.9. The first-order valence-electron chi connectivity index (χ1n) is 8.28. The topological polar surface area (TPSA) is 78.3 Å². The summed E-state index contributed by atoms with van der Waals surface area (Å²) in [5, 5.41) is 9.98. The van der Waals surface area contributed by atoms with Crippen LogP contribution in [-0.4, -0.2) is 50.7 Å². The Morgan fingerprint density at radius 1 is 1.43 bits per heavy atom. The predicted octanol–water partition coefficient (Wildman–Crippen LogP) is 1.61. The number of nitrogens with zero attached hydrogens (tertiary/aromatic N) is 4. The van der Waals surface area contributed by atoms with Crippen LogP contribution in [0.4, 0.5) is 5.82 Å². The maximum Gasteiger partial charge on any atom is 0.347 e. The van der Waals surface area contributed by atoms with E-state index in [2.05, 4.69) is 48.2 Å². The minimum Gasteiger partial charge on any atom is -0.367 e. The number of nitrogens with one attached hydrogen (secondary N) is 2. The number of hydrogen-bond donors (Lipinski definition) is 2. The van der Waals surface area contributed by atoms with Crippen molar-refractivity contribution in [1.82, 2.24) is 24.5 Å². The third-order valence-corrected chi connectivity index (χ3v) is 4.61. The third kappa shape index (κ3) is 3.24. The molecule has 7 nitrogen and oxygen atoms in total. The lowest BCUT2D eigenvalue weighted by atomic mass is 9.93. The molecule has 1 unspecified atom stereocenters. The van der Waals surface area contributed by atoms with Crippen molar-refractivity contribution in [2.24, 2.45) is 0 Å². The van der Waals surface area contributed by atoms with Crippen LogP contribution >= 0.6 is 0 Å². The van der Waals surface area contributed by atoms with Crippen LogP contribution in [0.3, 0.4) is 0 Å². The van der Waals surface area contributed by atoms with Gasteiger partial charge in [-0.2, -0.15) is 0 Å². The molecule has 3 heterocycles. The van der Waals surface area contributed by atoms with Gasteiger partial charge >= 0.3 is 5.69 Å². The fraction of sp³-hybridized carbons (Fsp3) is 0.688. The average Bonchev–Trinajstić information content (AvgIpc) is 3.05. The Morgan fingerprint density at radius 2 is 2.22 bits per heavy atom. The van der Waals surface area contributed by atoms with Gasteiger partial charge < -0.3 is 10.2 Å². The quantitative estimate of drug-likeness (QED) is 0.895. The molecule has 1 atom stereocenters. The van der Waals surface area contributed by atoms with Crippen molar-refractivity contribution < 1.29 is 0 Å². The fourth-order valence-electron chi connectivity index (χ4n) is 3.09. The van der Waals surface area contributed by atoms with Crippen LogP contribution < -0.4 is 11.0 Å². The van der Waals surface area contributed by atoms with E-state index in [0.29, 0.717) is 17.5 Å². The summed E-state index contributed by atoms with van der Waals surface area (Å²) in [4.78, 5) is 19.0. The van der Waals surface area contributed by atoms with Crippen LogP contribution in [0.1, 0.15) is 45.7 Å². The minimum absolute atomic E-state index is 0.132. The lowest BCUT2D eigenvalue weighted by molar-refractivity contribution is 0.301. The number of hydrogen-bond acceptors (Lipinski definition) is 5. The van der Waals surface area contributed by atoms with Crippen molar-refractivity contribution in [3.05, 3.63) is 22.4 Å². The first-order valence-corrected chi connectivity index (χ1v) is 8.28. The van der Waals surface area contributed by atoms with Crippen molar-refractivity contribution in [2.45, 2.75) is 51.5 Å². The molecular formula is C16H26N6O. The Morgan fingerprint density at radius 3 is 2.87 bits per heavy atom. The van der Waals surface area contributed by atoms with Crippen LogP contribution in [0.15, 0.2) is 11.0 Å². The second-order valence-corrected chi connectivity index (χ2v) is 7.44. The Bertz CT molecular complexity index is 741. The molecule has 1 aliphatic heterocycles. The van der Waals surface area contributed by atoms with Gasteiger partial charge in [-0.3, -0.25) is 0 Å². The lowest BCUT2D eigenvalue weighted by Crippen LogP contribution is -2.27. The number of rotatable bonds is 4. The molecule has 0 aliphatic carbocycles. The normalized spacial score (nSPS) is 19.6. The minimum atomic E-state index is -0.230. The number of likely N-dealkylation sites (tertiary alicyclic amines) is 1. The summed E-state index contributed by atoms with van der Waals surface area (Å²) in [6.45, 7) is 8.27. The van der Waals surface area contributed by atoms with E-state index in [1.165, 1.54) is 23.8 Å². The number of fused-ring (bicyclic) bond motifs is 1. The number of aromatic nitrogens is 4. The molecule has 0 bridgehead atoms. The van der Waals surface area contributed by atoms with E-state index >= 15 is 0 Å². The third-order valence-electron chi connectivity index (χ3n) is 4.61. The van der Waals surface area contributed by atoms with E-state index in [0.717, 1.165) is 18.7 Å². The molecule has 1 aliphatic rings. The zero-order chi connectivity index (χ0) is 16.6. The fourth-order valence-corrected chi connectivity index (χ4v) is 3.09. The van der Waals surface area contributed by atoms with Gasteiger partial charge in [0.25, 0.3) is 0 Å². The second-order valence-electron chi connectivity index (χ2n) is 7.44. The Balaban J connectivity index is 1.82. The molecule has 0 spiro atoms. The Hall–Kier alpha value is -1.89. The monoisotopic (exact) mass is 318 g/mol. The molecule has 2 aromatic rings. The van der Waals surface area contributed by atoms with Gasteiger partial charge in [-0.1, -0.05) is 20.8 Å². The largest absolute Gasteiger partial charge is 0.367 e. The van der Waals surface area contributed by atoms with Gasteiger partial charge in [-0.25, -0.2) is 19.3 Å². The summed E-state index contributed by atoms with van der Waals surface area (Å²) in [5.41, 5.74) is 1.07. The molecule has 0 aromatic carbocycles. The molecule has 1 saturated heterocycles. The lowest BCUT2D eigenvalue weighted by Gasteiger charge is -2.21. The van der Waals surface area contributed by atoms with Gasteiger partial charge in [-0.05, 0) is 32.9 Å². The van der Waals surface area contributed by atoms with Crippen molar-refractivity contribution >= 4 is 11.5 Å². The zero-order valence-corrected chi connectivity index (χ0v) is 14.4. The van der Waals surface area contributed by atoms with E-state index in [-0.39, 0.29) is 11.1 Å². The van der Waals surface area contributed by atoms with Gasteiger partial charge in [0.2, 0.25) is 5.65 Å². The van der Waals surface area contributed by atoms with Crippen LogP contribution in [0.2, 0.25) is 0 Å². The molecule has 3 rings (SSSR count). The average molecular weight is 318 g/mol. The number of aromatic amines is 1. The molecule has 7 heteroatoms. The standard InChI is InChI=1S/C16H26N6O/c1-16(2,3)12-10-22-14(19-20-15(22)23)13(18-12)17-8-7-11-6-5-9-21(11)4/h10-11H,5-9H2,1-4H3,(H,17,18)(H,20,23). The summed E-state index contributed by atoms with van der Waals surface area (Å²) in [7, 11) is 2.18. The number of H-pyrrole nitrogens is 1. The molecular weight excluding hydrogens is 292 g/mol. The molecule has 2 N–H and O–H groups in total. The molecule has 23 heavy (non-hydrogen) atoms. The molecule has 126 valence electrons. The van der Waals surface area contributed by atoms with Crippen molar-refractivity contribution in [3.8, 4) is 0 Å². The Kier molecular flexibility index (Phi) is 4.14. The van der Waals surface area contributed by atoms with Crippen molar-refractivity contribution in [3.63, 3.8) is 0 Å². The summed E-state index contributed by atoms with van der Waals surface area (Å²) >= 11 is 0. The zero-order valence-electron chi connectivity index (χ0n) is 14.4. The summed E-state index contributed by atoms with van der Waals surface area (Å²) in [5.74, 6) is 0.677. The molecule has 0 saturated carbocycles. The second kappa shape index (κ2) is 5.96. The van der Waals surface area contributed by atoms with E-state index < -0.39 is 0 Å². The first-order chi connectivity index (χ1) is 10.9. The molecule has 2 aromatic heterocycles. The summed E-state index contributed by atoms with van der Waals surface area (Å²) in [6.07, 6.45) is 5.37. The Labute approximate surface area is 136 Å². The highest BCUT2D eigenvalue weighted by Crippen LogP contribution is 2.23. The molecule has 1 fully saturated rings. The van der Waals surface area contributed by atoms with Crippen LogP contribution in [0.5, 0.6) is 0 Å². The molecule has 0 radical (unpaired) electrons. The highest BCUT2D eigenvalue weighted by Gasteiger charge is 2.22. The van der Waals surface area contributed by atoms with Gasteiger partial charge in [0.1, 0.15) is 0 Å². The van der Waals surface area contributed by atoms with E-state index in [4.69, 9.17) is 4.98 Å². The van der Waals surface area contributed by atoms with Crippen molar-refractivity contribution in [1.29, 1.82) is 0 Å². The van der Waals surface area contributed by atoms with Crippen LogP contribution in [0.25, 0.3) is 5.65 Å². The van der Waals surface area contributed by atoms with E-state index in [1.807, 2.05) is 0 Å². The summed E-state index contributed by atoms with van der Waals surface area (Å²) in [6, 6.07) is 0.630. The summed E-state index contributed by atoms with van der Waals surface area (Å²) < 4.78 is 1.54. The molecule has 0 amide bonds. The highest BCUT2D eigenvalue weighted by atomic mass is 16.1. The SMILES string of the molecule is CN1CCCC1CCNc1nc(C(C)(C)C)cn2c(=O)[nH]nc12. The van der Waals surface area contributed by atoms with Gasteiger partial charge in [0, 0.05) is 24.2 Å². The van der Waals surface area contributed by atoms with Crippen LogP contribution in [0, 0.1) is 0 Å². The van der Waals surface area contributed by atoms with Gasteiger partial charge in [-0.15, -0.1) is 5.10 Å².